The number of nitrogens with one attached hydrogen (secondary N) is 1. The molecule has 3 aromatic carbocycles. The summed E-state index contributed by atoms with van der Waals surface area (Å²) in [5, 5.41) is 3.06. The fraction of sp³-hybridized carbons (Fsp3) is 0.240. The van der Waals surface area contributed by atoms with Crippen molar-refractivity contribution < 1.29 is 4.79 Å². The molecule has 0 fully saturated rings. The monoisotopic (exact) mass is 353 g/mol. The maximum atomic E-state index is 13.0. The Morgan fingerprint density at radius 3 is 2.37 bits per heavy atom. The number of hydrogen-bond donors (Lipinski definition) is 1. The van der Waals surface area contributed by atoms with E-state index in [-0.39, 0.29) is 11.3 Å². The Bertz CT molecular complexity index is 1120. The molecule has 1 amide bonds. The molecule has 1 unspecified atom stereocenters. The van der Waals surface area contributed by atoms with Crippen LogP contribution in [0.4, 0.5) is 5.69 Å². The van der Waals surface area contributed by atoms with Crippen LogP contribution in [0.1, 0.15) is 48.6 Å². The van der Waals surface area contributed by atoms with Crippen molar-refractivity contribution in [3.05, 3.63) is 88.5 Å². The molecule has 0 spiro atoms. The number of benzene rings is 3. The molecule has 2 heteroatoms. The van der Waals surface area contributed by atoms with E-state index in [1.807, 2.05) is 25.1 Å². The molecular weight excluding hydrogens is 330 g/mol. The van der Waals surface area contributed by atoms with Gasteiger partial charge in [-0.3, -0.25) is 4.79 Å². The van der Waals surface area contributed by atoms with E-state index in [2.05, 4.69) is 68.6 Å². The molecule has 134 valence electrons. The van der Waals surface area contributed by atoms with Crippen LogP contribution in [0.15, 0.2) is 60.7 Å². The van der Waals surface area contributed by atoms with Gasteiger partial charge in [0.15, 0.2) is 0 Å². The van der Waals surface area contributed by atoms with E-state index in [1.165, 1.54) is 27.8 Å². The highest BCUT2D eigenvalue weighted by Crippen LogP contribution is 2.51. The van der Waals surface area contributed by atoms with E-state index in [9.17, 15) is 4.79 Å². The molecule has 3 aromatic rings. The minimum absolute atomic E-state index is 0.0219. The molecule has 1 aliphatic heterocycles. The maximum Gasteiger partial charge on any atom is 0.239 e. The summed E-state index contributed by atoms with van der Waals surface area (Å²) in [5.74, 6) is 0.0463. The second-order valence-electron chi connectivity index (χ2n) is 8.56. The largest absolute Gasteiger partial charge is 0.325 e. The van der Waals surface area contributed by atoms with Crippen LogP contribution in [0.5, 0.6) is 0 Å². The predicted octanol–water partition coefficient (Wildman–Crippen LogP) is 5.56. The summed E-state index contributed by atoms with van der Waals surface area (Å²) in [6, 6.07) is 21.3. The number of aryl methyl sites for hydroxylation is 1. The minimum Gasteiger partial charge on any atom is -0.325 e. The Labute approximate surface area is 160 Å². The molecule has 2 nitrogen and oxygen atoms in total. The zero-order valence-electron chi connectivity index (χ0n) is 16.2. The van der Waals surface area contributed by atoms with Gasteiger partial charge in [0.2, 0.25) is 5.91 Å². The van der Waals surface area contributed by atoms with Gasteiger partial charge in [-0.15, -0.1) is 0 Å². The summed E-state index contributed by atoms with van der Waals surface area (Å²) < 4.78 is 0. The zero-order valence-corrected chi connectivity index (χ0v) is 16.2. The number of fused-ring (bicyclic) bond motifs is 4. The van der Waals surface area contributed by atoms with E-state index in [0.717, 1.165) is 16.8 Å². The lowest BCUT2D eigenvalue weighted by atomic mass is 9.75. The summed E-state index contributed by atoms with van der Waals surface area (Å²) in [4.78, 5) is 13.0. The highest BCUT2D eigenvalue weighted by atomic mass is 16.2. The average Bonchev–Trinajstić information content (AvgIpc) is 3.04. The number of anilines is 1. The van der Waals surface area contributed by atoms with Gasteiger partial charge in [0.25, 0.3) is 0 Å². The molecule has 0 bridgehead atoms. The third-order valence-electron chi connectivity index (χ3n) is 6.58. The Morgan fingerprint density at radius 2 is 1.56 bits per heavy atom. The molecule has 1 heterocycles. The van der Waals surface area contributed by atoms with Crippen LogP contribution in [0.2, 0.25) is 0 Å². The van der Waals surface area contributed by atoms with Crippen molar-refractivity contribution in [2.24, 2.45) is 0 Å². The van der Waals surface area contributed by atoms with Crippen LogP contribution in [0.3, 0.4) is 0 Å². The van der Waals surface area contributed by atoms with Crippen molar-refractivity contribution in [2.45, 2.75) is 38.5 Å². The quantitative estimate of drug-likeness (QED) is 0.610. The number of rotatable bonds is 1. The first-order valence-electron chi connectivity index (χ1n) is 9.51. The first-order chi connectivity index (χ1) is 12.8. The number of amides is 1. The number of carbonyl (C=O) groups is 1. The van der Waals surface area contributed by atoms with Crippen LogP contribution in [-0.2, 0) is 15.6 Å². The Balaban J connectivity index is 1.75. The molecule has 2 aliphatic rings. The number of carbonyl (C=O) groups excluding carboxylic acids is 1. The molecule has 0 aromatic heterocycles. The molecule has 1 aliphatic carbocycles. The molecule has 1 atom stereocenters. The maximum absolute atomic E-state index is 13.0. The smallest absolute Gasteiger partial charge is 0.239 e. The van der Waals surface area contributed by atoms with Crippen molar-refractivity contribution in [1.29, 1.82) is 0 Å². The van der Waals surface area contributed by atoms with Crippen LogP contribution < -0.4 is 5.32 Å². The summed E-state index contributed by atoms with van der Waals surface area (Å²) in [5.41, 5.74) is 8.87. The highest BCUT2D eigenvalue weighted by Gasteiger charge is 2.45. The molecule has 0 radical (unpaired) electrons. The van der Waals surface area contributed by atoms with E-state index in [1.54, 1.807) is 0 Å². The molecule has 1 N–H and O–H groups in total. The summed E-state index contributed by atoms with van der Waals surface area (Å²) in [6.07, 6.45) is 0. The lowest BCUT2D eigenvalue weighted by Crippen LogP contribution is -2.32. The van der Waals surface area contributed by atoms with Crippen molar-refractivity contribution in [3.63, 3.8) is 0 Å². The summed E-state index contributed by atoms with van der Waals surface area (Å²) in [6.45, 7) is 8.75. The van der Waals surface area contributed by atoms with Crippen LogP contribution in [-0.4, -0.2) is 5.91 Å². The molecule has 5 rings (SSSR count). The average molecular weight is 353 g/mol. The fourth-order valence-electron chi connectivity index (χ4n) is 4.86. The number of para-hydroxylation sites is 1. The predicted molar refractivity (Wildman–Crippen MR) is 110 cm³/mol. The van der Waals surface area contributed by atoms with Gasteiger partial charge >= 0.3 is 0 Å². The first-order valence-corrected chi connectivity index (χ1v) is 9.51. The summed E-state index contributed by atoms with van der Waals surface area (Å²) in [7, 11) is 0. The normalized spacial score (nSPS) is 21.4. The van der Waals surface area contributed by atoms with E-state index in [0.29, 0.717) is 0 Å². The zero-order chi connectivity index (χ0) is 19.0. The van der Waals surface area contributed by atoms with Gasteiger partial charge in [-0.25, -0.2) is 0 Å². The molecule has 27 heavy (non-hydrogen) atoms. The van der Waals surface area contributed by atoms with Gasteiger partial charge in [0.05, 0.1) is 5.41 Å². The third-order valence-corrected chi connectivity index (χ3v) is 6.58. The van der Waals surface area contributed by atoms with Gasteiger partial charge < -0.3 is 5.32 Å². The van der Waals surface area contributed by atoms with Gasteiger partial charge in [-0.2, -0.15) is 0 Å². The Hall–Kier alpha value is -2.87. The van der Waals surface area contributed by atoms with Gasteiger partial charge in [0.1, 0.15) is 0 Å². The second-order valence-corrected chi connectivity index (χ2v) is 8.56. The topological polar surface area (TPSA) is 29.1 Å². The first kappa shape index (κ1) is 16.3. The Kier molecular flexibility index (Phi) is 3.08. The SMILES string of the molecule is Cc1ccc2c(c1)C(C)(C)c1ccc(C3(C)C(=O)Nc4ccccc43)cc1-2. The van der Waals surface area contributed by atoms with Crippen molar-refractivity contribution in [2.75, 3.05) is 5.32 Å². The third kappa shape index (κ3) is 1.98. The summed E-state index contributed by atoms with van der Waals surface area (Å²) >= 11 is 0. The van der Waals surface area contributed by atoms with Crippen LogP contribution in [0.25, 0.3) is 11.1 Å². The van der Waals surface area contributed by atoms with Gasteiger partial charge in [-0.05, 0) is 59.4 Å². The molecule has 0 saturated carbocycles. The van der Waals surface area contributed by atoms with Crippen molar-refractivity contribution >= 4 is 11.6 Å². The van der Waals surface area contributed by atoms with Crippen molar-refractivity contribution in [1.82, 2.24) is 0 Å². The lowest BCUT2D eigenvalue weighted by molar-refractivity contribution is -0.119. The Morgan fingerprint density at radius 1 is 0.778 bits per heavy atom. The second kappa shape index (κ2) is 5.10. The van der Waals surface area contributed by atoms with E-state index in [4.69, 9.17) is 0 Å². The van der Waals surface area contributed by atoms with Crippen LogP contribution in [0, 0.1) is 6.92 Å². The molecule has 0 saturated heterocycles. The fourth-order valence-corrected chi connectivity index (χ4v) is 4.86. The lowest BCUT2D eigenvalue weighted by Gasteiger charge is -2.25. The van der Waals surface area contributed by atoms with Crippen LogP contribution >= 0.6 is 0 Å². The number of hydrogen-bond acceptors (Lipinski definition) is 1. The minimum atomic E-state index is -0.663. The highest BCUT2D eigenvalue weighted by molar-refractivity contribution is 6.08. The van der Waals surface area contributed by atoms with Gasteiger partial charge in [-0.1, -0.05) is 67.9 Å². The molecular formula is C25H23NO. The van der Waals surface area contributed by atoms with E-state index >= 15 is 0 Å². The van der Waals surface area contributed by atoms with Gasteiger partial charge in [0, 0.05) is 11.1 Å². The van der Waals surface area contributed by atoms with E-state index < -0.39 is 5.41 Å². The standard InChI is InChI=1S/C25H23NO/c1-15-9-11-17-18-14-16(10-12-19(18)24(2,3)21(17)13-15)25(4)20-7-5-6-8-22(20)26-23(25)27/h5-14H,1-4H3,(H,26,27). The van der Waals surface area contributed by atoms with Crippen molar-refractivity contribution in [3.8, 4) is 11.1 Å².